The second kappa shape index (κ2) is 10.6. The lowest BCUT2D eigenvalue weighted by molar-refractivity contribution is 0.0767. The third-order valence-corrected chi connectivity index (χ3v) is 7.14. The van der Waals surface area contributed by atoms with Crippen molar-refractivity contribution in [1.82, 2.24) is 9.97 Å². The van der Waals surface area contributed by atoms with E-state index in [2.05, 4.69) is 112 Å². The molecule has 0 bridgehead atoms. The molecule has 0 aliphatic carbocycles. The highest BCUT2D eigenvalue weighted by Crippen LogP contribution is 2.47. The van der Waals surface area contributed by atoms with Gasteiger partial charge < -0.3 is 4.74 Å². The molecule has 5 rings (SSSR count). The summed E-state index contributed by atoms with van der Waals surface area (Å²) in [7, 11) is 0. The van der Waals surface area contributed by atoms with E-state index in [4.69, 9.17) is 14.7 Å². The van der Waals surface area contributed by atoms with Gasteiger partial charge in [0.15, 0.2) is 11.6 Å². The molecular formula is C33H38N4O. The Morgan fingerprint density at radius 2 is 1.29 bits per heavy atom. The predicted molar refractivity (Wildman–Crippen MR) is 158 cm³/mol. The molecule has 0 saturated carbocycles. The molecule has 2 heterocycles. The van der Waals surface area contributed by atoms with Crippen molar-refractivity contribution >= 4 is 23.0 Å². The van der Waals surface area contributed by atoms with Gasteiger partial charge in [-0.05, 0) is 90.3 Å². The molecule has 1 aliphatic heterocycles. The first-order valence-corrected chi connectivity index (χ1v) is 13.6. The molecule has 0 spiro atoms. The van der Waals surface area contributed by atoms with E-state index in [0.717, 1.165) is 23.0 Å². The first-order valence-electron chi connectivity index (χ1n) is 13.6. The standard InChI is InChI=1S/C33H38N4O/c1-8-38-33-36(31-32(35-16-15-34-31)37(33)27-18-23(6)17-24(7)19-27)26-12-9-11-25(20-26)30-28(21(2)3)13-10-14-29(30)22(4)5/h9-22,33H,8H2,1-7H3. The van der Waals surface area contributed by atoms with E-state index < -0.39 is 6.35 Å². The van der Waals surface area contributed by atoms with E-state index in [-0.39, 0.29) is 0 Å². The third-order valence-electron chi connectivity index (χ3n) is 7.14. The van der Waals surface area contributed by atoms with Gasteiger partial charge in [0.1, 0.15) is 0 Å². The Morgan fingerprint density at radius 3 is 1.84 bits per heavy atom. The lowest BCUT2D eigenvalue weighted by Gasteiger charge is -2.32. The normalized spacial score (nSPS) is 15.0. The molecule has 1 unspecified atom stereocenters. The number of aryl methyl sites for hydroxylation is 2. The van der Waals surface area contributed by atoms with Crippen LogP contribution < -0.4 is 9.80 Å². The number of anilines is 4. The largest absolute Gasteiger partial charge is 0.340 e. The van der Waals surface area contributed by atoms with Gasteiger partial charge in [0.05, 0.1) is 0 Å². The molecule has 4 aromatic rings. The molecule has 1 atom stereocenters. The number of ether oxygens (including phenoxy) is 1. The van der Waals surface area contributed by atoms with Crippen LogP contribution in [-0.4, -0.2) is 22.9 Å². The van der Waals surface area contributed by atoms with E-state index >= 15 is 0 Å². The summed E-state index contributed by atoms with van der Waals surface area (Å²) in [6.07, 6.45) is 3.11. The highest BCUT2D eigenvalue weighted by Gasteiger charge is 2.41. The van der Waals surface area contributed by atoms with E-state index in [1.807, 2.05) is 6.92 Å². The fraction of sp³-hybridized carbons (Fsp3) is 0.333. The van der Waals surface area contributed by atoms with Crippen LogP contribution in [0.15, 0.2) is 73.1 Å². The molecule has 196 valence electrons. The van der Waals surface area contributed by atoms with E-state index in [0.29, 0.717) is 18.4 Å². The first kappa shape index (κ1) is 25.9. The van der Waals surface area contributed by atoms with Gasteiger partial charge in [0, 0.05) is 30.4 Å². The van der Waals surface area contributed by atoms with Crippen molar-refractivity contribution in [2.45, 2.75) is 66.7 Å². The molecule has 0 radical (unpaired) electrons. The van der Waals surface area contributed by atoms with Crippen LogP contribution in [0.3, 0.4) is 0 Å². The number of fused-ring (bicyclic) bond motifs is 1. The second-order valence-electron chi connectivity index (χ2n) is 10.7. The van der Waals surface area contributed by atoms with Gasteiger partial charge >= 0.3 is 0 Å². The summed E-state index contributed by atoms with van der Waals surface area (Å²) >= 11 is 0. The van der Waals surface area contributed by atoms with Crippen LogP contribution >= 0.6 is 0 Å². The number of benzene rings is 3. The zero-order valence-electron chi connectivity index (χ0n) is 23.6. The Balaban J connectivity index is 1.69. The molecule has 3 aromatic carbocycles. The smallest absolute Gasteiger partial charge is 0.221 e. The van der Waals surface area contributed by atoms with Crippen molar-refractivity contribution in [3.8, 4) is 11.1 Å². The minimum atomic E-state index is -0.404. The molecule has 5 heteroatoms. The molecule has 1 aliphatic rings. The van der Waals surface area contributed by atoms with Crippen molar-refractivity contribution in [2.75, 3.05) is 16.4 Å². The van der Waals surface area contributed by atoms with Crippen LogP contribution in [0.5, 0.6) is 0 Å². The Labute approximate surface area is 227 Å². The van der Waals surface area contributed by atoms with Crippen molar-refractivity contribution in [2.24, 2.45) is 0 Å². The molecular weight excluding hydrogens is 468 g/mol. The molecule has 38 heavy (non-hydrogen) atoms. The fourth-order valence-electron chi connectivity index (χ4n) is 5.57. The number of aromatic nitrogens is 2. The van der Waals surface area contributed by atoms with E-state index in [1.165, 1.54) is 33.4 Å². The highest BCUT2D eigenvalue weighted by atomic mass is 16.5. The monoisotopic (exact) mass is 506 g/mol. The maximum absolute atomic E-state index is 6.44. The van der Waals surface area contributed by atoms with Crippen LogP contribution in [0, 0.1) is 13.8 Å². The fourth-order valence-corrected chi connectivity index (χ4v) is 5.57. The van der Waals surface area contributed by atoms with Gasteiger partial charge in [-0.3, -0.25) is 9.80 Å². The number of rotatable bonds is 7. The third kappa shape index (κ3) is 4.67. The summed E-state index contributed by atoms with van der Waals surface area (Å²) in [5.41, 5.74) is 9.76. The molecule has 0 N–H and O–H groups in total. The Bertz CT molecular complexity index is 1400. The summed E-state index contributed by atoms with van der Waals surface area (Å²) in [6, 6.07) is 22.1. The predicted octanol–water partition coefficient (Wildman–Crippen LogP) is 8.62. The van der Waals surface area contributed by atoms with Gasteiger partial charge in [-0.25, -0.2) is 9.97 Å². The average molecular weight is 507 g/mol. The summed E-state index contributed by atoms with van der Waals surface area (Å²) in [6.45, 7) is 15.9. The number of hydrogen-bond donors (Lipinski definition) is 0. The zero-order valence-corrected chi connectivity index (χ0v) is 23.6. The average Bonchev–Trinajstić information content (AvgIpc) is 3.21. The number of hydrogen-bond acceptors (Lipinski definition) is 5. The van der Waals surface area contributed by atoms with Crippen molar-refractivity contribution < 1.29 is 4.74 Å². The van der Waals surface area contributed by atoms with Gasteiger partial charge in [-0.1, -0.05) is 64.1 Å². The minimum Gasteiger partial charge on any atom is -0.340 e. The van der Waals surface area contributed by atoms with E-state index in [9.17, 15) is 0 Å². The van der Waals surface area contributed by atoms with Gasteiger partial charge in [-0.15, -0.1) is 0 Å². The van der Waals surface area contributed by atoms with Gasteiger partial charge in [0.25, 0.3) is 0 Å². The van der Waals surface area contributed by atoms with Gasteiger partial charge in [-0.2, -0.15) is 0 Å². The summed E-state index contributed by atoms with van der Waals surface area (Å²) in [5.74, 6) is 2.43. The van der Waals surface area contributed by atoms with Crippen LogP contribution in [-0.2, 0) is 4.74 Å². The molecule has 1 aromatic heterocycles. The summed E-state index contributed by atoms with van der Waals surface area (Å²) in [4.78, 5) is 13.9. The Morgan fingerprint density at radius 1 is 0.737 bits per heavy atom. The molecule has 0 saturated heterocycles. The first-order chi connectivity index (χ1) is 18.3. The zero-order chi connectivity index (χ0) is 27.0. The van der Waals surface area contributed by atoms with Crippen LogP contribution in [0.4, 0.5) is 23.0 Å². The quantitative estimate of drug-likeness (QED) is 0.251. The SMILES string of the molecule is CCOC1N(c2cc(C)cc(C)c2)c2nccnc2N1c1cccc(-c2c(C(C)C)cccc2C(C)C)c1. The minimum absolute atomic E-state index is 0.404. The van der Waals surface area contributed by atoms with Gasteiger partial charge in [0.2, 0.25) is 6.35 Å². The van der Waals surface area contributed by atoms with E-state index in [1.54, 1.807) is 12.4 Å². The maximum atomic E-state index is 6.44. The lowest BCUT2D eigenvalue weighted by atomic mass is 9.85. The molecule has 0 amide bonds. The topological polar surface area (TPSA) is 41.5 Å². The van der Waals surface area contributed by atoms with Crippen molar-refractivity contribution in [3.63, 3.8) is 0 Å². The Hall–Kier alpha value is -3.70. The second-order valence-corrected chi connectivity index (χ2v) is 10.7. The van der Waals surface area contributed by atoms with Crippen LogP contribution in [0.2, 0.25) is 0 Å². The highest BCUT2D eigenvalue weighted by molar-refractivity contribution is 5.85. The Kier molecular flexibility index (Phi) is 7.22. The van der Waals surface area contributed by atoms with Crippen molar-refractivity contribution in [1.29, 1.82) is 0 Å². The summed E-state index contributed by atoms with van der Waals surface area (Å²) in [5, 5.41) is 0. The lowest BCUT2D eigenvalue weighted by Crippen LogP contribution is -2.41. The summed E-state index contributed by atoms with van der Waals surface area (Å²) < 4.78 is 6.44. The number of nitrogens with zero attached hydrogens (tertiary/aromatic N) is 4. The van der Waals surface area contributed by atoms with Crippen molar-refractivity contribution in [3.05, 3.63) is 95.3 Å². The van der Waals surface area contributed by atoms with Crippen LogP contribution in [0.25, 0.3) is 11.1 Å². The molecule has 5 nitrogen and oxygen atoms in total. The van der Waals surface area contributed by atoms with Crippen LogP contribution in [0.1, 0.15) is 68.7 Å². The molecule has 0 fully saturated rings. The maximum Gasteiger partial charge on any atom is 0.221 e.